The van der Waals surface area contributed by atoms with E-state index in [-0.39, 0.29) is 5.91 Å². The van der Waals surface area contributed by atoms with Gasteiger partial charge in [-0.3, -0.25) is 4.79 Å². The molecule has 0 unspecified atom stereocenters. The Balaban J connectivity index is 0.00000106. The average molecular weight is 220 g/mol. The Labute approximate surface area is 97.6 Å². The lowest BCUT2D eigenvalue weighted by molar-refractivity contribution is 0.0953. The normalized spacial score (nSPS) is 9.50. The standard InChI is InChI=1S/C11H14N2O.C2H6/c1-3-4-8-12-11(14)10-7-5-6-9(2)13-10;1-2/h3-7H,8H2,1-2H3,(H,12,14);1-2H3/b4-3+;. The third kappa shape index (κ3) is 5.29. The maximum absolute atomic E-state index is 11.5. The van der Waals surface area contributed by atoms with Crippen LogP contribution in [0.15, 0.2) is 30.4 Å². The summed E-state index contributed by atoms with van der Waals surface area (Å²) in [5, 5.41) is 2.74. The van der Waals surface area contributed by atoms with Gasteiger partial charge in [0, 0.05) is 12.2 Å². The first kappa shape index (κ1) is 14.4. The molecule has 88 valence electrons. The van der Waals surface area contributed by atoms with Crippen molar-refractivity contribution in [1.29, 1.82) is 0 Å². The number of allylic oxidation sites excluding steroid dienone is 1. The van der Waals surface area contributed by atoms with Crippen LogP contribution in [0.4, 0.5) is 0 Å². The van der Waals surface area contributed by atoms with Crippen LogP contribution in [0.3, 0.4) is 0 Å². The fourth-order valence-corrected chi connectivity index (χ4v) is 1.03. The van der Waals surface area contributed by atoms with Gasteiger partial charge in [0.05, 0.1) is 0 Å². The van der Waals surface area contributed by atoms with Crippen molar-refractivity contribution >= 4 is 5.91 Å². The van der Waals surface area contributed by atoms with Gasteiger partial charge >= 0.3 is 0 Å². The molecule has 0 aliphatic carbocycles. The Kier molecular flexibility index (Phi) is 7.76. The molecule has 1 aromatic heterocycles. The van der Waals surface area contributed by atoms with Gasteiger partial charge in [-0.2, -0.15) is 0 Å². The quantitative estimate of drug-likeness (QED) is 0.796. The topological polar surface area (TPSA) is 42.0 Å². The molecule has 0 radical (unpaired) electrons. The molecular weight excluding hydrogens is 200 g/mol. The average Bonchev–Trinajstić information content (AvgIpc) is 2.32. The fourth-order valence-electron chi connectivity index (χ4n) is 1.03. The molecule has 3 nitrogen and oxygen atoms in total. The molecule has 1 N–H and O–H groups in total. The van der Waals surface area contributed by atoms with Crippen molar-refractivity contribution in [1.82, 2.24) is 10.3 Å². The van der Waals surface area contributed by atoms with E-state index in [0.29, 0.717) is 12.2 Å². The lowest BCUT2D eigenvalue weighted by Gasteiger charge is -2.01. The molecule has 0 bridgehead atoms. The van der Waals surface area contributed by atoms with E-state index in [0.717, 1.165) is 5.69 Å². The number of hydrogen-bond donors (Lipinski definition) is 1. The minimum Gasteiger partial charge on any atom is -0.347 e. The van der Waals surface area contributed by atoms with Gasteiger partial charge in [-0.25, -0.2) is 4.98 Å². The number of carbonyl (C=O) groups is 1. The van der Waals surface area contributed by atoms with Gasteiger partial charge in [-0.15, -0.1) is 0 Å². The summed E-state index contributed by atoms with van der Waals surface area (Å²) < 4.78 is 0. The molecule has 1 rings (SSSR count). The Morgan fingerprint density at radius 2 is 2.12 bits per heavy atom. The van der Waals surface area contributed by atoms with Crippen LogP contribution < -0.4 is 5.32 Å². The summed E-state index contributed by atoms with van der Waals surface area (Å²) in [6.45, 7) is 8.32. The molecular formula is C13H20N2O. The zero-order valence-corrected chi connectivity index (χ0v) is 10.4. The van der Waals surface area contributed by atoms with Crippen LogP contribution in [0, 0.1) is 6.92 Å². The van der Waals surface area contributed by atoms with Crippen molar-refractivity contribution < 1.29 is 4.79 Å². The zero-order chi connectivity index (χ0) is 12.4. The molecule has 0 atom stereocenters. The molecule has 1 heterocycles. The third-order valence-corrected chi connectivity index (χ3v) is 1.74. The second-order valence-electron chi connectivity index (χ2n) is 2.94. The van der Waals surface area contributed by atoms with E-state index < -0.39 is 0 Å². The highest BCUT2D eigenvalue weighted by molar-refractivity contribution is 5.92. The molecule has 0 aliphatic rings. The van der Waals surface area contributed by atoms with E-state index >= 15 is 0 Å². The zero-order valence-electron chi connectivity index (χ0n) is 10.4. The molecule has 1 aromatic rings. The predicted molar refractivity (Wildman–Crippen MR) is 67.5 cm³/mol. The summed E-state index contributed by atoms with van der Waals surface area (Å²) in [5.41, 5.74) is 1.32. The fraction of sp³-hybridized carbons (Fsp3) is 0.385. The molecule has 0 spiro atoms. The Bertz CT molecular complexity index is 346. The predicted octanol–water partition coefficient (Wildman–Crippen LogP) is 2.72. The first-order valence-electron chi connectivity index (χ1n) is 5.57. The van der Waals surface area contributed by atoms with Gasteiger partial charge in [0.25, 0.3) is 5.91 Å². The number of rotatable bonds is 3. The lowest BCUT2D eigenvalue weighted by atomic mass is 10.3. The van der Waals surface area contributed by atoms with Crippen molar-refractivity contribution in [3.8, 4) is 0 Å². The van der Waals surface area contributed by atoms with E-state index in [1.165, 1.54) is 0 Å². The van der Waals surface area contributed by atoms with Crippen LogP contribution >= 0.6 is 0 Å². The van der Waals surface area contributed by atoms with Gasteiger partial charge in [0.2, 0.25) is 0 Å². The lowest BCUT2D eigenvalue weighted by Crippen LogP contribution is -2.24. The van der Waals surface area contributed by atoms with Crippen molar-refractivity contribution in [2.45, 2.75) is 27.7 Å². The van der Waals surface area contributed by atoms with Crippen LogP contribution in [0.5, 0.6) is 0 Å². The first-order chi connectivity index (χ1) is 7.74. The summed E-state index contributed by atoms with van der Waals surface area (Å²) in [4.78, 5) is 15.6. The number of pyridine rings is 1. The van der Waals surface area contributed by atoms with Gasteiger partial charge in [-0.05, 0) is 26.0 Å². The van der Waals surface area contributed by atoms with Crippen molar-refractivity contribution in [2.24, 2.45) is 0 Å². The number of aromatic nitrogens is 1. The molecule has 3 heteroatoms. The van der Waals surface area contributed by atoms with E-state index in [4.69, 9.17) is 0 Å². The summed E-state index contributed by atoms with van der Waals surface area (Å²) in [6, 6.07) is 5.40. The Morgan fingerprint density at radius 1 is 1.44 bits per heavy atom. The van der Waals surface area contributed by atoms with Gasteiger partial charge in [0.15, 0.2) is 0 Å². The van der Waals surface area contributed by atoms with Gasteiger partial charge in [-0.1, -0.05) is 32.1 Å². The SMILES string of the molecule is C/C=C/CNC(=O)c1cccc(C)n1.CC. The maximum atomic E-state index is 11.5. The van der Waals surface area contributed by atoms with Crippen LogP contribution in [0.1, 0.15) is 37.0 Å². The van der Waals surface area contributed by atoms with E-state index in [2.05, 4.69) is 10.3 Å². The highest BCUT2D eigenvalue weighted by Gasteiger charge is 2.04. The monoisotopic (exact) mass is 220 g/mol. The van der Waals surface area contributed by atoms with E-state index in [1.54, 1.807) is 6.07 Å². The minimum absolute atomic E-state index is 0.133. The van der Waals surface area contributed by atoms with Gasteiger partial charge in [0.1, 0.15) is 5.69 Å². The Hall–Kier alpha value is -1.64. The first-order valence-corrected chi connectivity index (χ1v) is 5.57. The highest BCUT2D eigenvalue weighted by atomic mass is 16.1. The summed E-state index contributed by atoms with van der Waals surface area (Å²) in [6.07, 6.45) is 3.78. The second kappa shape index (κ2) is 8.65. The molecule has 0 saturated carbocycles. The summed E-state index contributed by atoms with van der Waals surface area (Å²) in [7, 11) is 0. The molecule has 0 aromatic carbocycles. The van der Waals surface area contributed by atoms with Gasteiger partial charge < -0.3 is 5.32 Å². The second-order valence-corrected chi connectivity index (χ2v) is 2.94. The summed E-state index contributed by atoms with van der Waals surface area (Å²) >= 11 is 0. The van der Waals surface area contributed by atoms with Crippen molar-refractivity contribution in [2.75, 3.05) is 6.54 Å². The van der Waals surface area contributed by atoms with Crippen LogP contribution in [-0.2, 0) is 0 Å². The number of carbonyl (C=O) groups excluding carboxylic acids is 1. The minimum atomic E-state index is -0.133. The number of hydrogen-bond acceptors (Lipinski definition) is 2. The number of aryl methyl sites for hydroxylation is 1. The van der Waals surface area contributed by atoms with E-state index in [1.807, 2.05) is 52.0 Å². The maximum Gasteiger partial charge on any atom is 0.270 e. The molecule has 0 fully saturated rings. The number of nitrogens with one attached hydrogen (secondary N) is 1. The molecule has 1 amide bonds. The van der Waals surface area contributed by atoms with Crippen LogP contribution in [0.25, 0.3) is 0 Å². The number of amides is 1. The molecule has 16 heavy (non-hydrogen) atoms. The van der Waals surface area contributed by atoms with Crippen LogP contribution in [0.2, 0.25) is 0 Å². The Morgan fingerprint density at radius 3 is 2.69 bits per heavy atom. The molecule has 0 aliphatic heterocycles. The third-order valence-electron chi connectivity index (χ3n) is 1.74. The van der Waals surface area contributed by atoms with E-state index in [9.17, 15) is 4.79 Å². The smallest absolute Gasteiger partial charge is 0.270 e. The summed E-state index contributed by atoms with van der Waals surface area (Å²) in [5.74, 6) is -0.133. The van der Waals surface area contributed by atoms with Crippen molar-refractivity contribution in [3.05, 3.63) is 41.7 Å². The highest BCUT2D eigenvalue weighted by Crippen LogP contribution is 1.97. The largest absolute Gasteiger partial charge is 0.347 e. The van der Waals surface area contributed by atoms with Crippen molar-refractivity contribution in [3.63, 3.8) is 0 Å². The molecule has 0 saturated heterocycles. The number of nitrogens with zero attached hydrogens (tertiary/aromatic N) is 1. The van der Waals surface area contributed by atoms with Crippen LogP contribution in [-0.4, -0.2) is 17.4 Å².